The zero-order valence-electron chi connectivity index (χ0n) is 24.4. The van der Waals surface area contributed by atoms with Crippen LogP contribution >= 0.6 is 0 Å². The minimum Gasteiger partial charge on any atom is -0.508 e. The highest BCUT2D eigenvalue weighted by Crippen LogP contribution is 2.30. The molecule has 0 fully saturated rings. The third-order valence-electron chi connectivity index (χ3n) is 6.78. The van der Waals surface area contributed by atoms with E-state index >= 15 is 0 Å². The number of esters is 1. The summed E-state index contributed by atoms with van der Waals surface area (Å²) in [6.45, 7) is 17.3. The summed E-state index contributed by atoms with van der Waals surface area (Å²) in [7, 11) is 3.41. The molecule has 0 bridgehead atoms. The highest BCUT2D eigenvalue weighted by molar-refractivity contribution is 5.92. The van der Waals surface area contributed by atoms with Gasteiger partial charge in [-0.05, 0) is 49.9 Å². The highest BCUT2D eigenvalue weighted by atomic mass is 16.5. The zero-order valence-corrected chi connectivity index (χ0v) is 24.4. The summed E-state index contributed by atoms with van der Waals surface area (Å²) in [5.41, 5.74) is 0.0882. The van der Waals surface area contributed by atoms with Crippen LogP contribution in [0.15, 0.2) is 35.9 Å². The summed E-state index contributed by atoms with van der Waals surface area (Å²) in [5.74, 6) is -0.791. The first kappa shape index (κ1) is 32.2. The maximum absolute atomic E-state index is 13.8. The summed E-state index contributed by atoms with van der Waals surface area (Å²) in [6, 6.07) is 4.94. The van der Waals surface area contributed by atoms with E-state index in [4.69, 9.17) is 4.74 Å². The molecule has 0 aromatic heterocycles. The Morgan fingerprint density at radius 1 is 1.05 bits per heavy atom. The quantitative estimate of drug-likeness (QED) is 0.305. The van der Waals surface area contributed by atoms with Crippen LogP contribution in [-0.2, 0) is 24.5 Å². The Balaban J connectivity index is 3.30. The number of nitrogens with zero attached hydrogens (tertiary/aromatic N) is 1. The maximum atomic E-state index is 13.8. The van der Waals surface area contributed by atoms with Crippen molar-refractivity contribution in [2.24, 2.45) is 11.3 Å². The van der Waals surface area contributed by atoms with Crippen LogP contribution in [0.5, 0.6) is 5.75 Å². The number of aromatic hydroxyl groups is 1. The lowest BCUT2D eigenvalue weighted by Gasteiger charge is -2.40. The molecule has 0 aliphatic heterocycles. The number of nitrogens with one attached hydrogen (secondary N) is 2. The van der Waals surface area contributed by atoms with Crippen LogP contribution < -0.4 is 10.6 Å². The third kappa shape index (κ3) is 8.32. The molecule has 1 unspecified atom stereocenters. The topological polar surface area (TPSA) is 108 Å². The summed E-state index contributed by atoms with van der Waals surface area (Å²) in [6.07, 6.45) is 1.76. The number of phenolic OH excluding ortho intramolecular Hbond substituents is 1. The molecule has 1 aromatic rings. The molecular formula is C29H47N3O5. The van der Waals surface area contributed by atoms with Crippen molar-refractivity contribution in [1.82, 2.24) is 15.5 Å². The number of phenols is 1. The Hall–Kier alpha value is -2.87. The van der Waals surface area contributed by atoms with E-state index < -0.39 is 28.9 Å². The lowest BCUT2D eigenvalue weighted by molar-refractivity contribution is -0.141. The molecule has 208 valence electrons. The summed E-state index contributed by atoms with van der Waals surface area (Å²) >= 11 is 0. The fourth-order valence-corrected chi connectivity index (χ4v) is 4.42. The predicted octanol–water partition coefficient (Wildman–Crippen LogP) is 3.78. The van der Waals surface area contributed by atoms with Crippen LogP contribution in [0.1, 0.15) is 67.9 Å². The number of rotatable bonds is 11. The SMILES string of the molecule is CCOC(=O)/C(C)=C/[C@H](C(C)C)N(C)C(=O)[C@@H](NC(=O)C(NC)C(C)(C)c1ccc(O)cc1)C(C)(C)C. The van der Waals surface area contributed by atoms with E-state index in [1.165, 1.54) is 0 Å². The molecule has 0 heterocycles. The second-order valence-electron chi connectivity index (χ2n) is 11.6. The fourth-order valence-electron chi connectivity index (χ4n) is 4.42. The van der Waals surface area contributed by atoms with Crippen molar-refractivity contribution in [3.63, 3.8) is 0 Å². The molecule has 0 saturated carbocycles. The second-order valence-corrected chi connectivity index (χ2v) is 11.6. The fraction of sp³-hybridized carbons (Fsp3) is 0.621. The van der Waals surface area contributed by atoms with Gasteiger partial charge in [0.25, 0.3) is 0 Å². The van der Waals surface area contributed by atoms with Gasteiger partial charge in [-0.15, -0.1) is 0 Å². The standard InChI is InChI=1S/C29H47N3O5/c1-12-37-27(36)19(4)17-22(18(2)3)32(11)26(35)24(28(5,6)7)31-25(34)23(30-10)29(8,9)20-13-15-21(33)16-14-20/h13-18,22-24,30,33H,12H2,1-11H3,(H,31,34)/b19-17+/t22-,23?,24-/m1/s1. The van der Waals surface area contributed by atoms with Crippen LogP contribution in [0.4, 0.5) is 0 Å². The normalized spacial score (nSPS) is 15.1. The summed E-state index contributed by atoms with van der Waals surface area (Å²) < 4.78 is 5.10. The van der Waals surface area contributed by atoms with Crippen molar-refractivity contribution >= 4 is 17.8 Å². The van der Waals surface area contributed by atoms with E-state index in [1.807, 2.05) is 48.5 Å². The van der Waals surface area contributed by atoms with Crippen molar-refractivity contribution in [2.45, 2.75) is 85.9 Å². The molecule has 3 atom stereocenters. The monoisotopic (exact) mass is 517 g/mol. The molecule has 8 heteroatoms. The van der Waals surface area contributed by atoms with E-state index in [2.05, 4.69) is 10.6 Å². The minimum absolute atomic E-state index is 0.0214. The van der Waals surface area contributed by atoms with Crippen molar-refractivity contribution in [2.75, 3.05) is 20.7 Å². The van der Waals surface area contributed by atoms with Gasteiger partial charge in [0.05, 0.1) is 18.7 Å². The van der Waals surface area contributed by atoms with Crippen molar-refractivity contribution in [3.8, 4) is 5.75 Å². The van der Waals surface area contributed by atoms with Crippen LogP contribution in [0, 0.1) is 11.3 Å². The van der Waals surface area contributed by atoms with Gasteiger partial charge in [0.1, 0.15) is 11.8 Å². The molecule has 37 heavy (non-hydrogen) atoms. The molecule has 1 aromatic carbocycles. The van der Waals surface area contributed by atoms with Crippen LogP contribution in [-0.4, -0.2) is 66.6 Å². The largest absolute Gasteiger partial charge is 0.508 e. The van der Waals surface area contributed by atoms with E-state index in [0.717, 1.165) is 5.56 Å². The van der Waals surface area contributed by atoms with Gasteiger partial charge in [-0.3, -0.25) is 9.59 Å². The Morgan fingerprint density at radius 2 is 1.59 bits per heavy atom. The lowest BCUT2D eigenvalue weighted by Crippen LogP contribution is -2.61. The van der Waals surface area contributed by atoms with Gasteiger partial charge in [0, 0.05) is 18.0 Å². The van der Waals surface area contributed by atoms with Gasteiger partial charge in [-0.25, -0.2) is 4.79 Å². The van der Waals surface area contributed by atoms with E-state index in [-0.39, 0.29) is 36.1 Å². The number of amides is 2. The zero-order chi connectivity index (χ0) is 28.7. The molecule has 0 aliphatic rings. The number of hydrogen-bond acceptors (Lipinski definition) is 6. The van der Waals surface area contributed by atoms with E-state index in [0.29, 0.717) is 5.57 Å². The van der Waals surface area contributed by atoms with Crippen molar-refractivity contribution in [3.05, 3.63) is 41.5 Å². The maximum Gasteiger partial charge on any atom is 0.333 e. The Labute approximate surface area is 222 Å². The lowest BCUT2D eigenvalue weighted by atomic mass is 9.76. The van der Waals surface area contributed by atoms with Crippen molar-refractivity contribution < 1.29 is 24.2 Å². The van der Waals surface area contributed by atoms with Gasteiger partial charge in [-0.1, -0.05) is 66.7 Å². The number of carbonyl (C=O) groups is 3. The van der Waals surface area contributed by atoms with Crippen LogP contribution in [0.3, 0.4) is 0 Å². The van der Waals surface area contributed by atoms with Gasteiger partial charge < -0.3 is 25.4 Å². The summed E-state index contributed by atoms with van der Waals surface area (Å²) in [5, 5.41) is 15.8. The molecule has 1 rings (SSSR count). The molecule has 8 nitrogen and oxygen atoms in total. The smallest absolute Gasteiger partial charge is 0.333 e. The number of likely N-dealkylation sites (N-methyl/N-ethyl adjacent to an activating group) is 2. The van der Waals surface area contributed by atoms with Crippen LogP contribution in [0.2, 0.25) is 0 Å². The van der Waals surface area contributed by atoms with Crippen LogP contribution in [0.25, 0.3) is 0 Å². The highest BCUT2D eigenvalue weighted by Gasteiger charge is 2.41. The van der Waals surface area contributed by atoms with Gasteiger partial charge in [0.15, 0.2) is 0 Å². The number of carbonyl (C=O) groups excluding carboxylic acids is 3. The van der Waals surface area contributed by atoms with Gasteiger partial charge in [-0.2, -0.15) is 0 Å². The molecule has 0 saturated heterocycles. The Morgan fingerprint density at radius 3 is 2.03 bits per heavy atom. The first-order chi connectivity index (χ1) is 17.0. The molecule has 0 aliphatic carbocycles. The Kier molecular flexibility index (Phi) is 11.4. The number of ether oxygens (including phenoxy) is 1. The van der Waals surface area contributed by atoms with E-state index in [1.54, 1.807) is 63.2 Å². The minimum atomic E-state index is -0.811. The molecule has 0 spiro atoms. The Bertz CT molecular complexity index is 961. The average molecular weight is 518 g/mol. The first-order valence-electron chi connectivity index (χ1n) is 12.9. The molecule has 2 amide bonds. The number of benzene rings is 1. The molecule has 0 radical (unpaired) electrons. The summed E-state index contributed by atoms with van der Waals surface area (Å²) in [4.78, 5) is 41.3. The van der Waals surface area contributed by atoms with Gasteiger partial charge in [0.2, 0.25) is 11.8 Å². The van der Waals surface area contributed by atoms with Gasteiger partial charge >= 0.3 is 5.97 Å². The van der Waals surface area contributed by atoms with Crippen molar-refractivity contribution in [1.29, 1.82) is 0 Å². The third-order valence-corrected chi connectivity index (χ3v) is 6.78. The van der Waals surface area contributed by atoms with E-state index in [9.17, 15) is 19.5 Å². The second kappa shape index (κ2) is 13.1. The first-order valence-corrected chi connectivity index (χ1v) is 12.9. The average Bonchev–Trinajstić information content (AvgIpc) is 2.79. The predicted molar refractivity (Wildman–Crippen MR) is 147 cm³/mol. The molecular weight excluding hydrogens is 470 g/mol. The molecule has 3 N–H and O–H groups in total. The number of hydrogen-bond donors (Lipinski definition) is 3.